The Balaban J connectivity index is 1.97. The van der Waals surface area contributed by atoms with Crippen molar-refractivity contribution in [3.63, 3.8) is 0 Å². The molecule has 0 aliphatic carbocycles. The first kappa shape index (κ1) is 19.0. The first-order valence-electron chi connectivity index (χ1n) is 8.19. The lowest BCUT2D eigenvalue weighted by Crippen LogP contribution is -2.24. The maximum Gasteiger partial charge on any atom is 0.252 e. The van der Waals surface area contributed by atoms with Crippen LogP contribution in [0.1, 0.15) is 41.7 Å². The average molecular weight is 360 g/mol. The van der Waals surface area contributed by atoms with Crippen LogP contribution in [0.15, 0.2) is 48.5 Å². The van der Waals surface area contributed by atoms with Crippen LogP contribution in [0.5, 0.6) is 0 Å². The molecule has 0 saturated heterocycles. The number of halogens is 1. The summed E-state index contributed by atoms with van der Waals surface area (Å²) in [5, 5.41) is 5.81. The lowest BCUT2D eigenvalue weighted by Gasteiger charge is -2.13. The van der Waals surface area contributed by atoms with Crippen molar-refractivity contribution in [3.05, 3.63) is 64.7 Å². The summed E-state index contributed by atoms with van der Waals surface area (Å²) >= 11 is 6.15. The number of nitrogens with two attached hydrogens (primary N) is 1. The smallest absolute Gasteiger partial charge is 0.252 e. The van der Waals surface area contributed by atoms with Gasteiger partial charge in [-0.3, -0.25) is 9.59 Å². The fourth-order valence-corrected chi connectivity index (χ4v) is 2.61. The lowest BCUT2D eigenvalue weighted by molar-refractivity contribution is -0.116. The first-order chi connectivity index (χ1) is 12.0. The summed E-state index contributed by atoms with van der Waals surface area (Å²) in [6, 6.07) is 13.9. The Morgan fingerprint density at radius 3 is 2.52 bits per heavy atom. The molecule has 0 aliphatic rings. The molecular formula is C19H22ClN3O2. The summed E-state index contributed by atoms with van der Waals surface area (Å²) in [5.41, 5.74) is 7.86. The molecule has 0 fully saturated rings. The maximum atomic E-state index is 12.2. The summed E-state index contributed by atoms with van der Waals surface area (Å²) in [7, 11) is 0. The van der Waals surface area contributed by atoms with Crippen molar-refractivity contribution in [3.8, 4) is 0 Å². The van der Waals surface area contributed by atoms with Crippen molar-refractivity contribution in [1.82, 2.24) is 5.32 Å². The van der Waals surface area contributed by atoms with Crippen LogP contribution in [0.3, 0.4) is 0 Å². The van der Waals surface area contributed by atoms with Crippen LogP contribution in [0.25, 0.3) is 0 Å². The van der Waals surface area contributed by atoms with Gasteiger partial charge in [-0.05, 0) is 30.2 Å². The van der Waals surface area contributed by atoms with Gasteiger partial charge in [0.1, 0.15) is 0 Å². The number of carbonyl (C=O) groups excluding carboxylic acids is 2. The summed E-state index contributed by atoms with van der Waals surface area (Å²) in [5.74, 6) is -0.438. The van der Waals surface area contributed by atoms with Crippen LogP contribution in [0.4, 0.5) is 5.69 Å². The molecule has 25 heavy (non-hydrogen) atoms. The summed E-state index contributed by atoms with van der Waals surface area (Å²) < 4.78 is 0. The highest BCUT2D eigenvalue weighted by molar-refractivity contribution is 6.34. The minimum Gasteiger partial charge on any atom is -0.352 e. The molecule has 0 saturated carbocycles. The highest BCUT2D eigenvalue weighted by Gasteiger charge is 2.14. The second kappa shape index (κ2) is 9.20. The summed E-state index contributed by atoms with van der Waals surface area (Å²) in [6.45, 7) is 2.56. The van der Waals surface area contributed by atoms with Crippen molar-refractivity contribution >= 4 is 29.1 Å². The van der Waals surface area contributed by atoms with Gasteiger partial charge in [0.05, 0.1) is 10.6 Å². The van der Waals surface area contributed by atoms with Crippen LogP contribution in [-0.4, -0.2) is 18.4 Å². The van der Waals surface area contributed by atoms with E-state index in [1.807, 2.05) is 37.3 Å². The molecule has 0 aliphatic heterocycles. The van der Waals surface area contributed by atoms with Gasteiger partial charge in [-0.1, -0.05) is 48.9 Å². The fourth-order valence-electron chi connectivity index (χ4n) is 2.34. The zero-order valence-electron chi connectivity index (χ0n) is 14.1. The molecule has 4 N–H and O–H groups in total. The van der Waals surface area contributed by atoms with Crippen molar-refractivity contribution in [1.29, 1.82) is 0 Å². The highest BCUT2D eigenvalue weighted by Crippen LogP contribution is 2.22. The Hall–Kier alpha value is -2.37. The monoisotopic (exact) mass is 359 g/mol. The third kappa shape index (κ3) is 5.59. The molecule has 0 spiro atoms. The first-order valence-corrected chi connectivity index (χ1v) is 8.57. The van der Waals surface area contributed by atoms with E-state index in [9.17, 15) is 9.59 Å². The van der Waals surface area contributed by atoms with Crippen LogP contribution in [0.2, 0.25) is 5.02 Å². The quantitative estimate of drug-likeness (QED) is 0.707. The highest BCUT2D eigenvalue weighted by atomic mass is 35.5. The average Bonchev–Trinajstić information content (AvgIpc) is 2.60. The zero-order valence-corrected chi connectivity index (χ0v) is 14.8. The van der Waals surface area contributed by atoms with E-state index in [1.165, 1.54) is 0 Å². The predicted octanol–water partition coefficient (Wildman–Crippen LogP) is 3.51. The van der Waals surface area contributed by atoms with Gasteiger partial charge in [0.25, 0.3) is 5.91 Å². The van der Waals surface area contributed by atoms with E-state index in [0.717, 1.165) is 12.0 Å². The van der Waals surface area contributed by atoms with Gasteiger partial charge < -0.3 is 16.4 Å². The third-order valence-electron chi connectivity index (χ3n) is 3.67. The van der Waals surface area contributed by atoms with Gasteiger partial charge in [-0.25, -0.2) is 0 Å². The lowest BCUT2D eigenvalue weighted by atomic mass is 10.0. The molecule has 5 nitrogen and oxygen atoms in total. The van der Waals surface area contributed by atoms with Crippen molar-refractivity contribution in [2.45, 2.75) is 25.8 Å². The molecule has 0 heterocycles. The second-order valence-electron chi connectivity index (χ2n) is 5.72. The normalized spacial score (nSPS) is 11.6. The van der Waals surface area contributed by atoms with E-state index in [-0.39, 0.29) is 24.3 Å². The molecular weight excluding hydrogens is 338 g/mol. The largest absolute Gasteiger partial charge is 0.352 e. The van der Waals surface area contributed by atoms with Crippen molar-refractivity contribution in [2.24, 2.45) is 5.73 Å². The van der Waals surface area contributed by atoms with E-state index < -0.39 is 0 Å². The molecule has 6 heteroatoms. The fraction of sp³-hybridized carbons (Fsp3) is 0.263. The minimum atomic E-state index is -0.379. The molecule has 2 amide bonds. The Morgan fingerprint density at radius 1 is 1.16 bits per heavy atom. The van der Waals surface area contributed by atoms with Gasteiger partial charge >= 0.3 is 0 Å². The SMILES string of the molecule is CCCNC(=O)c1ccc(NC(=O)CC(N)c2ccccc2)cc1Cl. The Morgan fingerprint density at radius 2 is 1.88 bits per heavy atom. The van der Waals surface area contributed by atoms with Gasteiger partial charge in [0, 0.05) is 24.7 Å². The Labute approximate surface area is 152 Å². The molecule has 2 rings (SSSR count). The zero-order chi connectivity index (χ0) is 18.2. The maximum absolute atomic E-state index is 12.2. The second-order valence-corrected chi connectivity index (χ2v) is 6.13. The Bertz CT molecular complexity index is 735. The molecule has 1 unspecified atom stereocenters. The molecule has 132 valence electrons. The van der Waals surface area contributed by atoms with E-state index in [4.69, 9.17) is 17.3 Å². The number of hydrogen-bond acceptors (Lipinski definition) is 3. The van der Waals surface area contributed by atoms with Crippen molar-refractivity contribution < 1.29 is 9.59 Å². The number of anilines is 1. The van der Waals surface area contributed by atoms with E-state index in [1.54, 1.807) is 18.2 Å². The number of rotatable bonds is 7. The number of nitrogens with one attached hydrogen (secondary N) is 2. The number of carbonyl (C=O) groups is 2. The number of amides is 2. The standard InChI is InChI=1S/C19H22ClN3O2/c1-2-10-22-19(25)15-9-8-14(11-16(15)20)23-18(24)12-17(21)13-6-4-3-5-7-13/h3-9,11,17H,2,10,12,21H2,1H3,(H,22,25)(H,23,24). The molecule has 0 aromatic heterocycles. The Kier molecular flexibility index (Phi) is 6.98. The molecule has 2 aromatic rings. The summed E-state index contributed by atoms with van der Waals surface area (Å²) in [6.07, 6.45) is 1.000. The van der Waals surface area contributed by atoms with E-state index in [2.05, 4.69) is 10.6 Å². The molecule has 0 bridgehead atoms. The topological polar surface area (TPSA) is 84.2 Å². The van der Waals surface area contributed by atoms with E-state index >= 15 is 0 Å². The molecule has 1 atom stereocenters. The van der Waals surface area contributed by atoms with Gasteiger partial charge in [-0.15, -0.1) is 0 Å². The van der Waals surface area contributed by atoms with Gasteiger partial charge in [-0.2, -0.15) is 0 Å². The number of benzene rings is 2. The van der Waals surface area contributed by atoms with Crippen LogP contribution >= 0.6 is 11.6 Å². The van der Waals surface area contributed by atoms with E-state index in [0.29, 0.717) is 22.8 Å². The number of hydrogen-bond donors (Lipinski definition) is 3. The molecule has 2 aromatic carbocycles. The van der Waals surface area contributed by atoms with Crippen LogP contribution in [0, 0.1) is 0 Å². The third-order valence-corrected chi connectivity index (χ3v) is 3.98. The predicted molar refractivity (Wildman–Crippen MR) is 101 cm³/mol. The van der Waals surface area contributed by atoms with Gasteiger partial charge in [0.15, 0.2) is 0 Å². The van der Waals surface area contributed by atoms with Crippen LogP contribution < -0.4 is 16.4 Å². The summed E-state index contributed by atoms with van der Waals surface area (Å²) in [4.78, 5) is 24.1. The minimum absolute atomic E-state index is 0.153. The van der Waals surface area contributed by atoms with Crippen molar-refractivity contribution in [2.75, 3.05) is 11.9 Å². The van der Waals surface area contributed by atoms with Gasteiger partial charge in [0.2, 0.25) is 5.91 Å². The molecule has 0 radical (unpaired) electrons. The van der Waals surface area contributed by atoms with Crippen LogP contribution in [-0.2, 0) is 4.79 Å².